The van der Waals surface area contributed by atoms with Crippen molar-refractivity contribution in [3.8, 4) is 0 Å². The van der Waals surface area contributed by atoms with Gasteiger partial charge in [0.15, 0.2) is 0 Å². The second-order valence-corrected chi connectivity index (χ2v) is 6.84. The molecule has 8 nitrogen and oxygen atoms in total. The Kier molecular flexibility index (Phi) is 4.61. The van der Waals surface area contributed by atoms with Gasteiger partial charge in [-0.15, -0.1) is 0 Å². The molecule has 0 spiro atoms. The number of nitrogens with zero attached hydrogens (tertiary/aromatic N) is 2. The zero-order valence-electron chi connectivity index (χ0n) is 14.0. The summed E-state index contributed by atoms with van der Waals surface area (Å²) in [4.78, 5) is 36.3. The third kappa shape index (κ3) is 4.07. The summed E-state index contributed by atoms with van der Waals surface area (Å²) in [7, 11) is 0. The molecule has 0 saturated heterocycles. The topological polar surface area (TPSA) is 113 Å². The normalized spacial score (nSPS) is 17.6. The molecule has 0 aromatic heterocycles. The Labute approximate surface area is 145 Å². The van der Waals surface area contributed by atoms with Crippen molar-refractivity contribution in [1.29, 1.82) is 0 Å². The van der Waals surface area contributed by atoms with Crippen LogP contribution in [0.5, 0.6) is 0 Å². The fraction of sp³-hybridized carbons (Fsp3) is 0.529. The fourth-order valence-electron chi connectivity index (χ4n) is 2.71. The van der Waals surface area contributed by atoms with Crippen LogP contribution in [0.25, 0.3) is 0 Å². The molecule has 1 aromatic carbocycles. The number of nitro benzene ring substituents is 1. The Hall–Kier alpha value is -2.64. The van der Waals surface area contributed by atoms with E-state index in [1.165, 1.54) is 11.0 Å². The summed E-state index contributed by atoms with van der Waals surface area (Å²) in [6, 6.07) is 4.71. The maximum Gasteiger partial charge on any atom is 0.308 e. The van der Waals surface area contributed by atoms with Crippen LogP contribution in [0.4, 0.5) is 11.4 Å². The van der Waals surface area contributed by atoms with Crippen LogP contribution in [-0.4, -0.2) is 45.4 Å². The summed E-state index contributed by atoms with van der Waals surface area (Å²) in [5.74, 6) is -2.00. The van der Waals surface area contributed by atoms with Gasteiger partial charge in [-0.1, -0.05) is 6.92 Å². The number of nitro groups is 1. The van der Waals surface area contributed by atoms with E-state index < -0.39 is 16.8 Å². The molecule has 2 aliphatic rings. The monoisotopic (exact) mass is 347 g/mol. The highest BCUT2D eigenvalue weighted by atomic mass is 16.6. The number of carboxylic acids is 1. The Morgan fingerprint density at radius 3 is 2.56 bits per heavy atom. The third-order valence-corrected chi connectivity index (χ3v) is 4.52. The average Bonchev–Trinajstić information content (AvgIpc) is 3.45. The molecule has 2 fully saturated rings. The number of anilines is 1. The van der Waals surface area contributed by atoms with E-state index in [-0.39, 0.29) is 35.8 Å². The molecule has 2 saturated carbocycles. The lowest BCUT2D eigenvalue weighted by atomic mass is 10.1. The molecule has 1 aromatic rings. The number of amides is 1. The van der Waals surface area contributed by atoms with Gasteiger partial charge in [0.05, 0.1) is 10.8 Å². The van der Waals surface area contributed by atoms with Gasteiger partial charge in [-0.3, -0.25) is 19.7 Å². The highest BCUT2D eigenvalue weighted by molar-refractivity contribution is 5.96. The number of rotatable bonds is 8. The molecule has 0 heterocycles. The van der Waals surface area contributed by atoms with Gasteiger partial charge in [0.1, 0.15) is 5.69 Å². The number of hydrogen-bond donors (Lipinski definition) is 2. The number of carbonyl (C=O) groups is 2. The smallest absolute Gasteiger partial charge is 0.308 e. The van der Waals surface area contributed by atoms with Gasteiger partial charge < -0.3 is 15.3 Å². The first-order chi connectivity index (χ1) is 11.9. The van der Waals surface area contributed by atoms with Gasteiger partial charge in [-0.25, -0.2) is 0 Å². The summed E-state index contributed by atoms with van der Waals surface area (Å²) in [5, 5.41) is 23.5. The highest BCUT2D eigenvalue weighted by Crippen LogP contribution is 2.33. The SMILES string of the molecule is CC(CN(C(=O)c1ccc(NC2CC2)c([N+](=O)[O-])c1)C1CC1)C(=O)O. The quantitative estimate of drug-likeness (QED) is 0.552. The van der Waals surface area contributed by atoms with E-state index in [4.69, 9.17) is 5.11 Å². The number of carboxylic acid groups (broad SMARTS) is 1. The molecule has 134 valence electrons. The van der Waals surface area contributed by atoms with Crippen molar-refractivity contribution in [2.45, 2.75) is 44.7 Å². The summed E-state index contributed by atoms with van der Waals surface area (Å²) < 4.78 is 0. The van der Waals surface area contributed by atoms with Crippen LogP contribution in [0.15, 0.2) is 18.2 Å². The molecule has 1 unspecified atom stereocenters. The average molecular weight is 347 g/mol. The molecular weight excluding hydrogens is 326 g/mol. The predicted molar refractivity (Wildman–Crippen MR) is 90.6 cm³/mol. The first kappa shape index (κ1) is 17.2. The molecule has 25 heavy (non-hydrogen) atoms. The second kappa shape index (κ2) is 6.70. The van der Waals surface area contributed by atoms with Crippen LogP contribution >= 0.6 is 0 Å². The van der Waals surface area contributed by atoms with Crippen molar-refractivity contribution in [2.24, 2.45) is 5.92 Å². The van der Waals surface area contributed by atoms with E-state index in [9.17, 15) is 19.7 Å². The Morgan fingerprint density at radius 1 is 1.36 bits per heavy atom. The van der Waals surface area contributed by atoms with Crippen molar-refractivity contribution in [2.75, 3.05) is 11.9 Å². The van der Waals surface area contributed by atoms with Gasteiger partial charge in [-0.05, 0) is 37.8 Å². The van der Waals surface area contributed by atoms with Gasteiger partial charge in [0.25, 0.3) is 11.6 Å². The van der Waals surface area contributed by atoms with Crippen molar-refractivity contribution < 1.29 is 19.6 Å². The molecular formula is C17H21N3O5. The Balaban J connectivity index is 1.83. The fourth-order valence-corrected chi connectivity index (χ4v) is 2.71. The predicted octanol–water partition coefficient (Wildman–Crippen LogP) is 2.49. The number of benzene rings is 1. The molecule has 1 atom stereocenters. The van der Waals surface area contributed by atoms with E-state index >= 15 is 0 Å². The highest BCUT2D eigenvalue weighted by Gasteiger charge is 2.35. The van der Waals surface area contributed by atoms with Crippen LogP contribution in [0, 0.1) is 16.0 Å². The molecule has 0 aliphatic heterocycles. The molecule has 3 rings (SSSR count). The first-order valence-corrected chi connectivity index (χ1v) is 8.45. The maximum atomic E-state index is 12.8. The summed E-state index contributed by atoms with van der Waals surface area (Å²) in [6.07, 6.45) is 3.64. The second-order valence-electron chi connectivity index (χ2n) is 6.84. The first-order valence-electron chi connectivity index (χ1n) is 8.45. The minimum absolute atomic E-state index is 0.0256. The zero-order chi connectivity index (χ0) is 18.1. The lowest BCUT2D eigenvalue weighted by molar-refractivity contribution is -0.384. The van der Waals surface area contributed by atoms with Crippen LogP contribution in [0.2, 0.25) is 0 Å². The van der Waals surface area contributed by atoms with Crippen molar-refractivity contribution in [1.82, 2.24) is 4.90 Å². The number of carbonyl (C=O) groups excluding carboxylic acids is 1. The molecule has 8 heteroatoms. The van der Waals surface area contributed by atoms with Crippen molar-refractivity contribution in [3.05, 3.63) is 33.9 Å². The zero-order valence-corrected chi connectivity index (χ0v) is 14.0. The van der Waals surface area contributed by atoms with Crippen molar-refractivity contribution in [3.63, 3.8) is 0 Å². The summed E-state index contributed by atoms with van der Waals surface area (Å²) in [5.41, 5.74) is 0.512. The lowest BCUT2D eigenvalue weighted by Crippen LogP contribution is -2.38. The third-order valence-electron chi connectivity index (χ3n) is 4.52. The minimum Gasteiger partial charge on any atom is -0.481 e. The van der Waals surface area contributed by atoms with Gasteiger partial charge in [0.2, 0.25) is 0 Å². The van der Waals surface area contributed by atoms with Gasteiger partial charge in [-0.2, -0.15) is 0 Å². The van der Waals surface area contributed by atoms with E-state index in [0.29, 0.717) is 5.69 Å². The molecule has 2 aliphatic carbocycles. The van der Waals surface area contributed by atoms with Crippen LogP contribution in [0.3, 0.4) is 0 Å². The minimum atomic E-state index is -0.964. The van der Waals surface area contributed by atoms with E-state index in [2.05, 4.69) is 5.32 Å². The van der Waals surface area contributed by atoms with E-state index in [0.717, 1.165) is 25.7 Å². The molecule has 0 radical (unpaired) electrons. The standard InChI is InChI=1S/C17H21N3O5/c1-10(17(22)23)9-19(13-5-6-13)16(21)11-2-7-14(18-12-3-4-12)15(8-11)20(24)25/h2,7-8,10,12-13,18H,3-6,9H2,1H3,(H,22,23). The molecule has 2 N–H and O–H groups in total. The van der Waals surface area contributed by atoms with Crippen LogP contribution in [0.1, 0.15) is 43.0 Å². The number of nitrogens with one attached hydrogen (secondary N) is 1. The number of aliphatic carboxylic acids is 1. The van der Waals surface area contributed by atoms with Crippen LogP contribution in [-0.2, 0) is 4.79 Å². The van der Waals surface area contributed by atoms with Gasteiger partial charge >= 0.3 is 5.97 Å². The summed E-state index contributed by atoms with van der Waals surface area (Å²) in [6.45, 7) is 1.66. The summed E-state index contributed by atoms with van der Waals surface area (Å²) >= 11 is 0. The Bertz CT molecular complexity index is 712. The van der Waals surface area contributed by atoms with E-state index in [1.54, 1.807) is 19.1 Å². The van der Waals surface area contributed by atoms with Crippen LogP contribution < -0.4 is 5.32 Å². The van der Waals surface area contributed by atoms with Crippen molar-refractivity contribution >= 4 is 23.3 Å². The number of hydrogen-bond acceptors (Lipinski definition) is 5. The molecule has 0 bridgehead atoms. The maximum absolute atomic E-state index is 12.8. The Morgan fingerprint density at radius 2 is 2.04 bits per heavy atom. The largest absolute Gasteiger partial charge is 0.481 e. The van der Waals surface area contributed by atoms with Gasteiger partial charge in [0, 0.05) is 30.3 Å². The lowest BCUT2D eigenvalue weighted by Gasteiger charge is -2.24. The molecule has 1 amide bonds. The van der Waals surface area contributed by atoms with E-state index in [1.807, 2.05) is 0 Å².